The molecular formula is C12H10AlO2. The van der Waals surface area contributed by atoms with Gasteiger partial charge >= 0.3 is 5.97 Å². The van der Waals surface area contributed by atoms with E-state index in [1.165, 1.54) is 5.56 Å². The van der Waals surface area contributed by atoms with Crippen LogP contribution in [0.5, 0.6) is 0 Å². The summed E-state index contributed by atoms with van der Waals surface area (Å²) >= 11 is 0. The number of benzene rings is 2. The maximum absolute atomic E-state index is 10.7. The minimum absolute atomic E-state index is 0. The Kier molecular flexibility index (Phi) is 3.52. The van der Waals surface area contributed by atoms with Gasteiger partial charge in [0, 0.05) is 17.4 Å². The Balaban J connectivity index is 0.00000112. The second kappa shape index (κ2) is 4.48. The largest absolute Gasteiger partial charge is 0.478 e. The second-order valence-corrected chi connectivity index (χ2v) is 3.32. The summed E-state index contributed by atoms with van der Waals surface area (Å²) in [5.41, 5.74) is 1.50. The second-order valence-electron chi connectivity index (χ2n) is 3.32. The van der Waals surface area contributed by atoms with Gasteiger partial charge in [-0.15, -0.1) is 0 Å². The number of fused-ring (bicyclic) bond motifs is 1. The van der Waals surface area contributed by atoms with Crippen molar-refractivity contribution in [1.82, 2.24) is 0 Å². The molecule has 2 nitrogen and oxygen atoms in total. The van der Waals surface area contributed by atoms with Crippen LogP contribution < -0.4 is 0 Å². The summed E-state index contributed by atoms with van der Waals surface area (Å²) in [6.45, 7) is 2.02. The number of carbonyl (C=O) groups is 1. The number of carboxylic acids is 1. The Morgan fingerprint density at radius 1 is 1.20 bits per heavy atom. The molecule has 15 heavy (non-hydrogen) atoms. The highest BCUT2D eigenvalue weighted by molar-refractivity contribution is 5.95. The molecule has 1 N–H and O–H groups in total. The first-order valence-electron chi connectivity index (χ1n) is 4.41. The van der Waals surface area contributed by atoms with Crippen LogP contribution in [0.15, 0.2) is 36.4 Å². The average molecular weight is 213 g/mol. The molecule has 0 aliphatic rings. The van der Waals surface area contributed by atoms with Gasteiger partial charge < -0.3 is 5.11 Å². The molecule has 3 radical (unpaired) electrons. The molecule has 2 aromatic rings. The molecular weight excluding hydrogens is 203 g/mol. The fraction of sp³-hybridized carbons (Fsp3) is 0.0833. The lowest BCUT2D eigenvalue weighted by molar-refractivity contribution is 0.0697. The highest BCUT2D eigenvalue weighted by Gasteiger charge is 2.03. The van der Waals surface area contributed by atoms with Crippen molar-refractivity contribution in [3.8, 4) is 0 Å². The van der Waals surface area contributed by atoms with Crippen molar-refractivity contribution in [1.29, 1.82) is 0 Å². The third-order valence-corrected chi connectivity index (χ3v) is 2.35. The quantitative estimate of drug-likeness (QED) is 0.739. The summed E-state index contributed by atoms with van der Waals surface area (Å²) in [5.74, 6) is -0.881. The number of carboxylic acid groups (broad SMARTS) is 1. The van der Waals surface area contributed by atoms with Gasteiger partial charge in [0.2, 0.25) is 0 Å². The molecule has 73 valence electrons. The number of hydrogen-bond acceptors (Lipinski definition) is 1. The van der Waals surface area contributed by atoms with Crippen LogP contribution in [-0.2, 0) is 0 Å². The lowest BCUT2D eigenvalue weighted by Crippen LogP contribution is -1.95. The maximum Gasteiger partial charge on any atom is 0.335 e. The third kappa shape index (κ3) is 2.20. The first-order valence-corrected chi connectivity index (χ1v) is 4.41. The number of hydrogen-bond donors (Lipinski definition) is 1. The molecule has 0 bridgehead atoms. The van der Waals surface area contributed by atoms with Crippen molar-refractivity contribution >= 4 is 34.1 Å². The molecule has 0 aliphatic heterocycles. The van der Waals surface area contributed by atoms with Crippen LogP contribution in [0.1, 0.15) is 15.9 Å². The predicted octanol–water partition coefficient (Wildman–Crippen LogP) is 2.47. The van der Waals surface area contributed by atoms with E-state index >= 15 is 0 Å². The standard InChI is InChI=1S/C12H10O2.Al/c1-8-3-2-4-9-7-10(12(13)14)5-6-11(8)9;/h2-7H,1H3,(H,13,14);. The molecule has 3 heteroatoms. The van der Waals surface area contributed by atoms with Gasteiger partial charge in [-0.2, -0.15) is 0 Å². The molecule has 2 aromatic carbocycles. The van der Waals surface area contributed by atoms with Crippen LogP contribution in [0, 0.1) is 6.92 Å². The van der Waals surface area contributed by atoms with E-state index in [0.717, 1.165) is 10.8 Å². The first kappa shape index (κ1) is 11.8. The van der Waals surface area contributed by atoms with Gasteiger partial charge in [-0.1, -0.05) is 24.3 Å². The first-order chi connectivity index (χ1) is 6.68. The van der Waals surface area contributed by atoms with E-state index in [2.05, 4.69) is 0 Å². The molecule has 0 amide bonds. The molecule has 0 aliphatic carbocycles. The Morgan fingerprint density at radius 2 is 1.93 bits per heavy atom. The lowest BCUT2D eigenvalue weighted by atomic mass is 10.0. The van der Waals surface area contributed by atoms with Gasteiger partial charge in [-0.25, -0.2) is 4.79 Å². The number of rotatable bonds is 1. The van der Waals surface area contributed by atoms with E-state index in [1.54, 1.807) is 12.1 Å². The fourth-order valence-corrected chi connectivity index (χ4v) is 1.58. The predicted molar refractivity (Wildman–Crippen MR) is 61.4 cm³/mol. The van der Waals surface area contributed by atoms with E-state index in [4.69, 9.17) is 5.11 Å². The van der Waals surface area contributed by atoms with E-state index in [9.17, 15) is 4.79 Å². The highest BCUT2D eigenvalue weighted by atomic mass is 27.0. The van der Waals surface area contributed by atoms with Crippen molar-refractivity contribution in [2.24, 2.45) is 0 Å². The summed E-state index contributed by atoms with van der Waals surface area (Å²) in [7, 11) is 0. The smallest absolute Gasteiger partial charge is 0.335 e. The number of aromatic carboxylic acids is 1. The summed E-state index contributed by atoms with van der Waals surface area (Å²) in [4.78, 5) is 10.7. The lowest BCUT2D eigenvalue weighted by Gasteiger charge is -2.02. The molecule has 0 saturated carbocycles. The van der Waals surface area contributed by atoms with Gasteiger partial charge in [0.25, 0.3) is 0 Å². The van der Waals surface area contributed by atoms with E-state index in [1.807, 2.05) is 31.2 Å². The highest BCUT2D eigenvalue weighted by Crippen LogP contribution is 2.19. The molecule has 0 atom stereocenters. The van der Waals surface area contributed by atoms with Crippen LogP contribution in [0.2, 0.25) is 0 Å². The molecule has 0 unspecified atom stereocenters. The SMILES string of the molecule is Cc1cccc2cc(C(=O)O)ccc12.[Al]. The van der Waals surface area contributed by atoms with Gasteiger partial charge in [0.1, 0.15) is 0 Å². The van der Waals surface area contributed by atoms with E-state index < -0.39 is 5.97 Å². The van der Waals surface area contributed by atoms with Crippen molar-refractivity contribution < 1.29 is 9.90 Å². The Labute approximate surface area is 98.7 Å². The number of aryl methyl sites for hydroxylation is 1. The van der Waals surface area contributed by atoms with Crippen molar-refractivity contribution in [3.05, 3.63) is 47.5 Å². The van der Waals surface area contributed by atoms with Gasteiger partial charge in [-0.05, 0) is 35.4 Å². The van der Waals surface area contributed by atoms with Crippen LogP contribution in [-0.4, -0.2) is 28.4 Å². The monoisotopic (exact) mass is 213 g/mol. The summed E-state index contributed by atoms with van der Waals surface area (Å²) in [6.07, 6.45) is 0. The summed E-state index contributed by atoms with van der Waals surface area (Å²) in [5, 5.41) is 10.9. The van der Waals surface area contributed by atoms with Crippen molar-refractivity contribution in [3.63, 3.8) is 0 Å². The van der Waals surface area contributed by atoms with Crippen molar-refractivity contribution in [2.45, 2.75) is 6.92 Å². The van der Waals surface area contributed by atoms with Gasteiger partial charge in [0.15, 0.2) is 0 Å². The normalized spacial score (nSPS) is 9.67. The zero-order valence-corrected chi connectivity index (χ0v) is 9.55. The third-order valence-electron chi connectivity index (χ3n) is 2.35. The molecule has 0 aromatic heterocycles. The minimum Gasteiger partial charge on any atom is -0.478 e. The van der Waals surface area contributed by atoms with E-state index in [-0.39, 0.29) is 17.4 Å². The molecule has 0 heterocycles. The van der Waals surface area contributed by atoms with Crippen LogP contribution in [0.4, 0.5) is 0 Å². The van der Waals surface area contributed by atoms with Gasteiger partial charge in [0.05, 0.1) is 5.56 Å². The van der Waals surface area contributed by atoms with Crippen molar-refractivity contribution in [2.75, 3.05) is 0 Å². The zero-order chi connectivity index (χ0) is 10.1. The topological polar surface area (TPSA) is 37.3 Å². The molecule has 0 saturated heterocycles. The van der Waals surface area contributed by atoms with Gasteiger partial charge in [-0.3, -0.25) is 0 Å². The molecule has 0 fully saturated rings. The van der Waals surface area contributed by atoms with Crippen LogP contribution >= 0.6 is 0 Å². The van der Waals surface area contributed by atoms with E-state index in [0.29, 0.717) is 5.56 Å². The zero-order valence-electron chi connectivity index (χ0n) is 8.40. The average Bonchev–Trinajstić information content (AvgIpc) is 2.17. The Hall–Kier alpha value is -1.30. The van der Waals surface area contributed by atoms with Crippen LogP contribution in [0.3, 0.4) is 0 Å². The molecule has 0 spiro atoms. The Morgan fingerprint density at radius 3 is 2.60 bits per heavy atom. The maximum atomic E-state index is 10.7. The molecule has 2 rings (SSSR count). The fourth-order valence-electron chi connectivity index (χ4n) is 1.58. The van der Waals surface area contributed by atoms with Crippen LogP contribution in [0.25, 0.3) is 10.8 Å². The minimum atomic E-state index is -0.881. The summed E-state index contributed by atoms with van der Waals surface area (Å²) < 4.78 is 0. The Bertz CT molecular complexity index is 506. The summed E-state index contributed by atoms with van der Waals surface area (Å²) in [6, 6.07) is 11.1.